The van der Waals surface area contributed by atoms with Crippen molar-refractivity contribution in [3.63, 3.8) is 0 Å². The van der Waals surface area contributed by atoms with E-state index in [1.807, 2.05) is 11.8 Å². The lowest BCUT2D eigenvalue weighted by Gasteiger charge is -2.30. The summed E-state index contributed by atoms with van der Waals surface area (Å²) in [7, 11) is 0. The Balaban J connectivity index is 1.41. The van der Waals surface area contributed by atoms with E-state index in [0.717, 1.165) is 42.5 Å². The van der Waals surface area contributed by atoms with Crippen molar-refractivity contribution < 1.29 is 35.8 Å². The van der Waals surface area contributed by atoms with Crippen molar-refractivity contribution in [2.75, 3.05) is 32.0 Å². The fraction of sp³-hybridized carbons (Fsp3) is 0.483. The lowest BCUT2D eigenvalue weighted by molar-refractivity contribution is -0.137. The van der Waals surface area contributed by atoms with Crippen LogP contribution in [0.15, 0.2) is 18.2 Å². The van der Waals surface area contributed by atoms with E-state index in [1.165, 1.54) is 0 Å². The lowest BCUT2D eigenvalue weighted by atomic mass is 9.95. The van der Waals surface area contributed by atoms with Gasteiger partial charge in [-0.15, -0.1) is 0 Å². The molecule has 0 amide bonds. The summed E-state index contributed by atoms with van der Waals surface area (Å²) in [6, 6.07) is 2.28. The largest absolute Gasteiger partial charge is 0.472 e. The van der Waals surface area contributed by atoms with Crippen molar-refractivity contribution in [1.82, 2.24) is 25.2 Å². The molecule has 7 rings (SSSR count). The molecule has 4 aromatic rings. The second-order valence-electron chi connectivity index (χ2n) is 11.7. The fourth-order valence-electron chi connectivity index (χ4n) is 6.80. The van der Waals surface area contributed by atoms with Gasteiger partial charge in [0.2, 0.25) is 5.88 Å². The van der Waals surface area contributed by atoms with Gasteiger partial charge >= 0.3 is 12.2 Å². The van der Waals surface area contributed by atoms with Crippen LogP contribution in [0.4, 0.5) is 31.5 Å². The molecule has 3 aliphatic heterocycles. The van der Waals surface area contributed by atoms with Gasteiger partial charge < -0.3 is 20.5 Å². The third kappa shape index (κ3) is 4.88. The quantitative estimate of drug-likeness (QED) is 0.253. The Labute approximate surface area is 251 Å². The van der Waals surface area contributed by atoms with Gasteiger partial charge in [0, 0.05) is 30.1 Å². The normalized spacial score (nSPS) is 25.8. The number of halogens is 6. The molecular weight excluding hydrogens is 610 g/mol. The highest BCUT2D eigenvalue weighted by atomic mass is 32.1. The van der Waals surface area contributed by atoms with Gasteiger partial charge in [0.05, 0.1) is 26.7 Å². The number of alkyl halides is 4. The van der Waals surface area contributed by atoms with Crippen molar-refractivity contribution in [3.8, 4) is 23.0 Å². The average Bonchev–Trinajstić information content (AvgIpc) is 3.72. The summed E-state index contributed by atoms with van der Waals surface area (Å²) in [6.45, 7) is 3.50. The molecule has 3 fully saturated rings. The Morgan fingerprint density at radius 2 is 2.00 bits per heavy atom. The molecule has 2 aromatic carbocycles. The summed E-state index contributed by atoms with van der Waals surface area (Å²) in [5.74, 6) is -2.34. The molecule has 3 saturated heterocycles. The van der Waals surface area contributed by atoms with Gasteiger partial charge in [0.25, 0.3) is 0 Å². The number of benzene rings is 2. The predicted octanol–water partition coefficient (Wildman–Crippen LogP) is 5.87. The minimum atomic E-state index is -5.03. The molecule has 0 spiro atoms. The van der Waals surface area contributed by atoms with Gasteiger partial charge in [0.1, 0.15) is 30.2 Å². The Hall–Kier alpha value is -3.43. The molecule has 0 bridgehead atoms. The van der Waals surface area contributed by atoms with Crippen molar-refractivity contribution >= 4 is 37.6 Å². The molecule has 3 N–H and O–H groups in total. The summed E-state index contributed by atoms with van der Waals surface area (Å²) in [5.41, 5.74) is 2.03. The fourth-order valence-corrected chi connectivity index (χ4v) is 7.57. The number of nitrogen functional groups attached to an aromatic ring is 1. The van der Waals surface area contributed by atoms with E-state index in [1.54, 1.807) is 0 Å². The smallest absolute Gasteiger partial charge is 0.417 e. The van der Waals surface area contributed by atoms with Crippen molar-refractivity contribution in [2.45, 2.75) is 62.6 Å². The topological polar surface area (TPSA) is 98.4 Å². The summed E-state index contributed by atoms with van der Waals surface area (Å²) in [6.07, 6.45) is -4.14. The van der Waals surface area contributed by atoms with Crippen LogP contribution in [0.2, 0.25) is 0 Å². The van der Waals surface area contributed by atoms with Gasteiger partial charge in [-0.3, -0.25) is 4.90 Å². The zero-order valence-corrected chi connectivity index (χ0v) is 24.3. The molecular formula is C29H28F6N6O2S. The van der Waals surface area contributed by atoms with E-state index in [4.69, 9.17) is 15.2 Å². The summed E-state index contributed by atoms with van der Waals surface area (Å²) in [4.78, 5) is 14.6. The predicted molar refractivity (Wildman–Crippen MR) is 153 cm³/mol. The minimum absolute atomic E-state index is 0.0194. The van der Waals surface area contributed by atoms with E-state index in [9.17, 15) is 22.0 Å². The van der Waals surface area contributed by atoms with Gasteiger partial charge in [-0.2, -0.15) is 23.1 Å². The number of ether oxygens (including phenoxy) is 2. The number of nitrogens with zero attached hydrogens (tertiary/aromatic N) is 4. The molecule has 3 aliphatic rings. The van der Waals surface area contributed by atoms with Crippen LogP contribution in [0.25, 0.3) is 32.2 Å². The van der Waals surface area contributed by atoms with Crippen LogP contribution in [-0.2, 0) is 6.18 Å². The number of rotatable bonds is 6. The number of nitrogens with one attached hydrogen (secondary N) is 1. The van der Waals surface area contributed by atoms with Crippen LogP contribution < -0.4 is 20.5 Å². The first-order valence-corrected chi connectivity index (χ1v) is 15.1. The van der Waals surface area contributed by atoms with Crippen LogP contribution in [0, 0.1) is 11.6 Å². The third-order valence-electron chi connectivity index (χ3n) is 8.91. The summed E-state index contributed by atoms with van der Waals surface area (Å²) < 4.78 is 101. The molecule has 44 heavy (non-hydrogen) atoms. The number of thiazole rings is 1. The van der Waals surface area contributed by atoms with E-state index in [2.05, 4.69) is 20.3 Å². The zero-order chi connectivity index (χ0) is 31.0. The maximum Gasteiger partial charge on any atom is 0.417 e. The third-order valence-corrected chi connectivity index (χ3v) is 9.80. The van der Waals surface area contributed by atoms with Crippen LogP contribution >= 0.6 is 11.3 Å². The van der Waals surface area contributed by atoms with Crippen molar-refractivity contribution in [3.05, 3.63) is 35.4 Å². The molecule has 0 saturated carbocycles. The number of aromatic nitrogens is 3. The molecule has 0 aliphatic carbocycles. The Morgan fingerprint density at radius 1 is 1.18 bits per heavy atom. The average molecular weight is 639 g/mol. The number of anilines is 1. The Morgan fingerprint density at radius 3 is 2.75 bits per heavy atom. The molecule has 0 radical (unpaired) electrons. The van der Waals surface area contributed by atoms with Crippen LogP contribution in [0.3, 0.4) is 0 Å². The highest BCUT2D eigenvalue weighted by Crippen LogP contribution is 2.46. The number of nitrogens with two attached hydrogens (primary N) is 1. The minimum Gasteiger partial charge on any atom is -0.472 e. The van der Waals surface area contributed by atoms with Gasteiger partial charge in [0.15, 0.2) is 10.9 Å². The number of hydrogen-bond acceptors (Lipinski definition) is 9. The molecule has 8 nitrogen and oxygen atoms in total. The SMILES string of the molecule is C[C@H]1NCCC1Oc1nc(OC[C@@]23CCCN2C[C@H](F)C3)nc2c(F)c(-c3ccc(F)c4sc(N)nc34)c(C(F)(F)F)cc12. The maximum atomic E-state index is 16.6. The second-order valence-corrected chi connectivity index (χ2v) is 12.7. The van der Waals surface area contributed by atoms with E-state index in [-0.39, 0.29) is 63.8 Å². The van der Waals surface area contributed by atoms with Crippen LogP contribution in [-0.4, -0.2) is 69.9 Å². The monoisotopic (exact) mass is 638 g/mol. The Bertz CT molecular complexity index is 1770. The summed E-state index contributed by atoms with van der Waals surface area (Å²) >= 11 is 0.745. The molecule has 2 aromatic heterocycles. The van der Waals surface area contributed by atoms with Crippen molar-refractivity contribution in [1.29, 1.82) is 0 Å². The second kappa shape index (κ2) is 10.6. The first-order chi connectivity index (χ1) is 20.9. The highest BCUT2D eigenvalue weighted by Gasteiger charge is 2.49. The number of hydrogen-bond donors (Lipinski definition) is 2. The number of fused-ring (bicyclic) bond motifs is 3. The molecule has 234 valence electrons. The van der Waals surface area contributed by atoms with Crippen molar-refractivity contribution in [2.24, 2.45) is 0 Å². The maximum absolute atomic E-state index is 16.6. The lowest BCUT2D eigenvalue weighted by Crippen LogP contribution is -2.43. The molecule has 4 atom stereocenters. The van der Waals surface area contributed by atoms with Gasteiger partial charge in [-0.1, -0.05) is 11.3 Å². The first kappa shape index (κ1) is 29.3. The standard InChI is InChI=1S/C29H28F6N6O2S/c1-13-19(5-7-37-13)43-25-16-9-17(29(33,34)35)20(15-3-4-18(31)24-23(15)38-26(36)44-24)21(32)22(16)39-27(40-25)42-12-28-6-2-8-41(28)11-14(30)10-28/h3-4,9,13-14,19,37H,2,5-8,10-12H2,1H3,(H2,36,38)/t13-,14-,19?,28+/m1/s1. The van der Waals surface area contributed by atoms with Crippen LogP contribution in [0.1, 0.15) is 38.2 Å². The van der Waals surface area contributed by atoms with Gasteiger partial charge in [-0.05, 0) is 57.5 Å². The zero-order valence-electron chi connectivity index (χ0n) is 23.5. The first-order valence-electron chi connectivity index (χ1n) is 14.3. The van der Waals surface area contributed by atoms with E-state index in [0.29, 0.717) is 19.4 Å². The molecule has 5 heterocycles. The Kier molecular flexibility index (Phi) is 7.05. The van der Waals surface area contributed by atoms with E-state index >= 15 is 4.39 Å². The van der Waals surface area contributed by atoms with Gasteiger partial charge in [-0.25, -0.2) is 18.2 Å². The molecule has 15 heteroatoms. The highest BCUT2D eigenvalue weighted by molar-refractivity contribution is 7.22. The van der Waals surface area contributed by atoms with Crippen LogP contribution in [0.5, 0.6) is 11.9 Å². The molecule has 1 unspecified atom stereocenters. The summed E-state index contributed by atoms with van der Waals surface area (Å²) in [5, 5.41) is 2.82. The van der Waals surface area contributed by atoms with E-state index < -0.39 is 52.3 Å².